The van der Waals surface area contributed by atoms with Gasteiger partial charge in [-0.25, -0.2) is 0 Å². The van der Waals surface area contributed by atoms with Gasteiger partial charge in [-0.2, -0.15) is 5.26 Å². The number of hydrogen-bond donors (Lipinski definition) is 4. The zero-order chi connectivity index (χ0) is 28.7. The van der Waals surface area contributed by atoms with Crippen LogP contribution in [0.4, 0.5) is 5.69 Å². The monoisotopic (exact) mass is 550 g/mol. The first-order chi connectivity index (χ1) is 19.0. The molecule has 7 heteroatoms. The van der Waals surface area contributed by atoms with Crippen molar-refractivity contribution in [1.29, 1.82) is 5.26 Å². The second-order valence-corrected chi connectivity index (χ2v) is 9.46. The molecule has 1 heterocycles. The van der Waals surface area contributed by atoms with Gasteiger partial charge in [0.15, 0.2) is 0 Å². The predicted molar refractivity (Wildman–Crippen MR) is 173 cm³/mol. The average molecular weight is 551 g/mol. The summed E-state index contributed by atoms with van der Waals surface area (Å²) in [6.45, 7) is 10.8. The van der Waals surface area contributed by atoms with E-state index in [9.17, 15) is 0 Å². The Morgan fingerprint density at radius 2 is 1.80 bits per heavy atom. The molecule has 0 spiro atoms. The molecule has 0 saturated carbocycles. The molecule has 7 nitrogen and oxygen atoms in total. The summed E-state index contributed by atoms with van der Waals surface area (Å²) < 4.78 is 0. The van der Waals surface area contributed by atoms with Gasteiger partial charge >= 0.3 is 0 Å². The van der Waals surface area contributed by atoms with Crippen LogP contribution in [0, 0.1) is 17.2 Å². The Kier molecular flexibility index (Phi) is 21.6. The van der Waals surface area contributed by atoms with E-state index < -0.39 is 0 Å². The first kappa shape index (κ1) is 36.7. The van der Waals surface area contributed by atoms with Gasteiger partial charge in [0.2, 0.25) is 0 Å². The van der Waals surface area contributed by atoms with E-state index in [0.29, 0.717) is 0 Å². The van der Waals surface area contributed by atoms with E-state index in [2.05, 4.69) is 30.3 Å². The van der Waals surface area contributed by atoms with Gasteiger partial charge in [0.05, 0.1) is 6.07 Å². The second-order valence-electron chi connectivity index (χ2n) is 9.46. The number of anilines is 1. The van der Waals surface area contributed by atoms with E-state index in [0.717, 1.165) is 67.2 Å². The molecule has 6 N–H and O–H groups in total. The Morgan fingerprint density at radius 3 is 2.35 bits per heavy atom. The number of hydrogen-bond acceptors (Lipinski definition) is 7. The minimum atomic E-state index is 0. The van der Waals surface area contributed by atoms with Gasteiger partial charge in [-0.3, -0.25) is 11.3 Å². The first-order valence-electron chi connectivity index (χ1n) is 14.2. The van der Waals surface area contributed by atoms with Crippen LogP contribution in [0.2, 0.25) is 0 Å². The van der Waals surface area contributed by atoms with E-state index in [1.165, 1.54) is 32.1 Å². The molecule has 0 radical (unpaired) electrons. The lowest BCUT2D eigenvalue weighted by Crippen LogP contribution is -2.32. The van der Waals surface area contributed by atoms with Crippen LogP contribution in [0.5, 0.6) is 5.75 Å². The van der Waals surface area contributed by atoms with Crippen LogP contribution >= 0.6 is 0 Å². The number of rotatable bonds is 12. The molecule has 2 aromatic rings. The van der Waals surface area contributed by atoms with Crippen molar-refractivity contribution in [1.82, 2.24) is 10.5 Å². The number of nitriles is 1. The number of hydrazine groups is 1. The Morgan fingerprint density at radius 1 is 1.12 bits per heavy atom. The second kappa shape index (κ2) is 23.6. The third-order valence-corrected chi connectivity index (χ3v) is 6.32. The van der Waals surface area contributed by atoms with Crippen LogP contribution in [0.1, 0.15) is 83.8 Å². The highest BCUT2D eigenvalue weighted by Gasteiger charge is 2.11. The molecule has 0 bridgehead atoms. The molecule has 0 aliphatic carbocycles. The number of unbranched alkanes of at least 4 members (excludes halogenated alkanes) is 2. The predicted octanol–water partition coefficient (Wildman–Crippen LogP) is 7.35. The summed E-state index contributed by atoms with van der Waals surface area (Å²) in [5, 5.41) is 14.3. The summed E-state index contributed by atoms with van der Waals surface area (Å²) in [5.41, 5.74) is 12.4. The number of nitrogens with one attached hydrogen (secondary N) is 2. The molecule has 1 atom stereocenters. The van der Waals surface area contributed by atoms with E-state index in [-0.39, 0.29) is 13.3 Å². The van der Waals surface area contributed by atoms with Gasteiger partial charge in [-0.05, 0) is 61.1 Å². The lowest BCUT2D eigenvalue weighted by Gasteiger charge is -2.25. The molecule has 3 rings (SSSR count). The first-order valence-corrected chi connectivity index (χ1v) is 14.2. The van der Waals surface area contributed by atoms with Crippen molar-refractivity contribution in [2.45, 2.75) is 72.6 Å². The van der Waals surface area contributed by atoms with Crippen LogP contribution in [0.25, 0.3) is 11.8 Å². The average Bonchev–Trinajstić information content (AvgIpc) is 3.00. The summed E-state index contributed by atoms with van der Waals surface area (Å²) in [6.07, 6.45) is 12.8. The number of benzene rings is 2. The fourth-order valence-electron chi connectivity index (χ4n) is 3.89. The summed E-state index contributed by atoms with van der Waals surface area (Å²) in [4.78, 5) is 5.75. The smallest absolute Gasteiger partial charge is 0.147 e. The number of allylic oxidation sites excluding steroid dienone is 1. The third-order valence-electron chi connectivity index (χ3n) is 6.32. The largest absolute Gasteiger partial charge is 0.406 e. The van der Waals surface area contributed by atoms with Crippen molar-refractivity contribution in [3.8, 4) is 11.8 Å². The van der Waals surface area contributed by atoms with Gasteiger partial charge < -0.3 is 15.9 Å². The Balaban J connectivity index is 0.000000672. The SMILES string of the molecule is C.C=Cc1ccc(ON2CCCCC2)cc1.CCCCCC(C#N)C/C=C(\N)c1cccc(NC)c1.CCNN. The molecule has 1 saturated heterocycles. The standard InChI is InChI=1S/C17H25N3.C13H17NO.C2H8N2.CH4/c1-3-4-5-7-14(13-18)10-11-17(19)15-8-6-9-16(12-15)20-2;1-2-12-6-8-13(9-7-12)15-14-10-4-3-5-11-14;1-2-4-3;/h6,8-9,11-12,14,20H,3-5,7,10,19H2,1-2H3;2,6-9H,1,3-5,10-11H2;4H,2-3H2,1H3;1H4/b17-11-;;;. The van der Waals surface area contributed by atoms with Crippen molar-refractivity contribution in [2.24, 2.45) is 17.5 Å². The van der Waals surface area contributed by atoms with E-state index in [1.807, 2.05) is 79.7 Å². The molecule has 0 aromatic heterocycles. The molecule has 1 aliphatic rings. The van der Waals surface area contributed by atoms with Crippen LogP contribution in [-0.2, 0) is 0 Å². The van der Waals surface area contributed by atoms with Crippen LogP contribution in [-0.4, -0.2) is 31.7 Å². The van der Waals surface area contributed by atoms with Crippen molar-refractivity contribution in [3.63, 3.8) is 0 Å². The summed E-state index contributed by atoms with van der Waals surface area (Å²) in [7, 11) is 1.89. The summed E-state index contributed by atoms with van der Waals surface area (Å²) in [5.74, 6) is 5.77. The van der Waals surface area contributed by atoms with Gasteiger partial charge in [-0.1, -0.05) is 90.0 Å². The van der Waals surface area contributed by atoms with Gasteiger partial charge in [0, 0.05) is 44.0 Å². The van der Waals surface area contributed by atoms with Gasteiger partial charge in [0.25, 0.3) is 0 Å². The molecule has 2 aromatic carbocycles. The highest BCUT2D eigenvalue weighted by atomic mass is 16.7. The number of hydroxylamine groups is 2. The maximum absolute atomic E-state index is 9.16. The van der Waals surface area contributed by atoms with Crippen LogP contribution in [0.3, 0.4) is 0 Å². The zero-order valence-electron chi connectivity index (χ0n) is 24.3. The van der Waals surface area contributed by atoms with E-state index in [1.54, 1.807) is 0 Å². The van der Waals surface area contributed by atoms with Crippen molar-refractivity contribution >= 4 is 17.5 Å². The van der Waals surface area contributed by atoms with Crippen molar-refractivity contribution < 1.29 is 4.84 Å². The van der Waals surface area contributed by atoms with Crippen molar-refractivity contribution in [3.05, 3.63) is 72.3 Å². The molecule has 0 amide bonds. The highest BCUT2D eigenvalue weighted by Crippen LogP contribution is 2.19. The quantitative estimate of drug-likeness (QED) is 0.124. The maximum atomic E-state index is 9.16. The lowest BCUT2D eigenvalue weighted by molar-refractivity contribution is -0.0719. The number of nitrogens with two attached hydrogens (primary N) is 2. The van der Waals surface area contributed by atoms with Crippen LogP contribution < -0.4 is 27.2 Å². The minimum absolute atomic E-state index is 0. The third kappa shape index (κ3) is 15.9. The van der Waals surface area contributed by atoms with E-state index in [4.69, 9.17) is 21.7 Å². The fourth-order valence-corrected chi connectivity index (χ4v) is 3.89. The van der Waals surface area contributed by atoms with Crippen LogP contribution in [0.15, 0.2) is 61.2 Å². The highest BCUT2D eigenvalue weighted by molar-refractivity contribution is 5.66. The topological polar surface area (TPSA) is 112 Å². The van der Waals surface area contributed by atoms with Crippen molar-refractivity contribution in [2.75, 3.05) is 32.0 Å². The minimum Gasteiger partial charge on any atom is -0.406 e. The maximum Gasteiger partial charge on any atom is 0.147 e. The number of piperidine rings is 1. The summed E-state index contributed by atoms with van der Waals surface area (Å²) >= 11 is 0. The molecule has 222 valence electrons. The Hall–Kier alpha value is -3.31. The normalized spacial score (nSPS) is 13.6. The fraction of sp³-hybridized carbons (Fsp3) is 0.485. The molecule has 1 aliphatic heterocycles. The van der Waals surface area contributed by atoms with Gasteiger partial charge in [0.1, 0.15) is 5.75 Å². The molecule has 1 unspecified atom stereocenters. The zero-order valence-corrected chi connectivity index (χ0v) is 24.3. The molecule has 1 fully saturated rings. The molecular formula is C33H54N6O. The summed E-state index contributed by atoms with van der Waals surface area (Å²) in [6, 6.07) is 18.4. The van der Waals surface area contributed by atoms with Gasteiger partial charge in [-0.15, -0.1) is 5.06 Å². The number of nitrogens with zero attached hydrogens (tertiary/aromatic N) is 2. The molecule has 40 heavy (non-hydrogen) atoms. The van der Waals surface area contributed by atoms with E-state index >= 15 is 0 Å². The molecular weight excluding hydrogens is 496 g/mol. The Bertz CT molecular complexity index is 975. The lowest BCUT2D eigenvalue weighted by atomic mass is 9.98. The Labute approximate surface area is 244 Å².